The fourth-order valence-electron chi connectivity index (χ4n) is 5.09. The lowest BCUT2D eigenvalue weighted by Crippen LogP contribution is -2.75. The van der Waals surface area contributed by atoms with Crippen LogP contribution in [0.3, 0.4) is 0 Å². The summed E-state index contributed by atoms with van der Waals surface area (Å²) >= 11 is 0. The third-order valence-corrected chi connectivity index (χ3v) is 9.08. The number of likely N-dealkylation sites (N-methyl/N-ethyl adjacent to an activating group) is 1. The molecule has 1 N–H and O–H groups in total. The van der Waals surface area contributed by atoms with Crippen molar-refractivity contribution in [2.75, 3.05) is 31.6 Å². The number of sulfone groups is 1. The maximum absolute atomic E-state index is 13.4. The van der Waals surface area contributed by atoms with Gasteiger partial charge >= 0.3 is 0 Å². The highest BCUT2D eigenvalue weighted by atomic mass is 32.2. The third-order valence-electron chi connectivity index (χ3n) is 7.26. The van der Waals surface area contributed by atoms with Gasteiger partial charge in [-0.05, 0) is 57.1 Å². The molecule has 0 radical (unpaired) electrons. The maximum atomic E-state index is 13.4. The minimum Gasteiger partial charge on any atom is -0.368 e. The van der Waals surface area contributed by atoms with Crippen molar-refractivity contribution in [3.05, 3.63) is 57.9 Å². The summed E-state index contributed by atoms with van der Waals surface area (Å²) in [6.07, 6.45) is 1.19. The second kappa shape index (κ2) is 6.64. The van der Waals surface area contributed by atoms with E-state index in [9.17, 15) is 13.2 Å². The molecule has 2 aromatic carbocycles. The Morgan fingerprint density at radius 1 is 1.09 bits per heavy atom. The molecule has 0 atom stereocenters. The Balaban J connectivity index is 1.48. The van der Waals surface area contributed by atoms with Crippen molar-refractivity contribution in [1.29, 1.82) is 0 Å². The zero-order valence-electron chi connectivity index (χ0n) is 18.7. The molecule has 0 amide bonds. The van der Waals surface area contributed by atoms with Crippen molar-refractivity contribution in [2.24, 2.45) is 0 Å². The SMILES string of the molecule is Cc1ccc(S(=O)(=O)c2nnn3c2[nH]c(=O)c2ccc(N4CC5(CCN5C)C4)cc23)c(C)c1. The number of hydrogen-bond acceptors (Lipinski definition) is 7. The fourth-order valence-corrected chi connectivity index (χ4v) is 6.56. The van der Waals surface area contributed by atoms with Crippen LogP contribution in [0.4, 0.5) is 5.69 Å². The number of aryl methyl sites for hydroxylation is 2. The Labute approximate surface area is 190 Å². The van der Waals surface area contributed by atoms with Gasteiger partial charge in [0.05, 0.1) is 21.3 Å². The summed E-state index contributed by atoms with van der Waals surface area (Å²) in [7, 11) is -1.82. The number of rotatable bonds is 3. The van der Waals surface area contributed by atoms with Gasteiger partial charge in [-0.25, -0.2) is 8.42 Å². The smallest absolute Gasteiger partial charge is 0.259 e. The topological polar surface area (TPSA) is 104 Å². The van der Waals surface area contributed by atoms with E-state index in [1.807, 2.05) is 25.1 Å². The lowest BCUT2D eigenvalue weighted by Gasteiger charge is -2.62. The first-order chi connectivity index (χ1) is 15.7. The largest absolute Gasteiger partial charge is 0.368 e. The van der Waals surface area contributed by atoms with Crippen LogP contribution in [-0.4, -0.2) is 65.4 Å². The van der Waals surface area contributed by atoms with Gasteiger partial charge in [-0.3, -0.25) is 9.69 Å². The van der Waals surface area contributed by atoms with Crippen molar-refractivity contribution >= 4 is 32.1 Å². The minimum atomic E-state index is -3.97. The van der Waals surface area contributed by atoms with E-state index in [2.05, 4.69) is 32.1 Å². The number of nitrogens with zero attached hydrogens (tertiary/aromatic N) is 5. The molecule has 4 aromatic rings. The Morgan fingerprint density at radius 3 is 2.55 bits per heavy atom. The van der Waals surface area contributed by atoms with Gasteiger partial charge in [0.15, 0.2) is 5.65 Å². The van der Waals surface area contributed by atoms with Gasteiger partial charge in [-0.15, -0.1) is 5.10 Å². The molecular formula is C23H24N6O3S. The zero-order valence-corrected chi connectivity index (χ0v) is 19.5. The molecule has 9 nitrogen and oxygen atoms in total. The molecule has 2 aliphatic rings. The van der Waals surface area contributed by atoms with Crippen LogP contribution in [0.15, 0.2) is 51.1 Å². The van der Waals surface area contributed by atoms with Gasteiger partial charge in [-0.2, -0.15) is 4.52 Å². The normalized spacial score (nSPS) is 18.1. The molecule has 10 heteroatoms. The van der Waals surface area contributed by atoms with Gasteiger partial charge in [0.1, 0.15) is 0 Å². The molecule has 0 bridgehead atoms. The van der Waals surface area contributed by atoms with E-state index in [1.54, 1.807) is 25.1 Å². The Hall–Kier alpha value is -3.24. The number of likely N-dealkylation sites (tertiary alicyclic amines) is 1. The molecular weight excluding hydrogens is 440 g/mol. The first kappa shape index (κ1) is 20.4. The van der Waals surface area contributed by atoms with Crippen LogP contribution in [0, 0.1) is 13.8 Å². The number of fused-ring (bicyclic) bond motifs is 3. The molecule has 0 unspecified atom stereocenters. The molecule has 170 valence electrons. The number of H-pyrrole nitrogens is 1. The van der Waals surface area contributed by atoms with Gasteiger partial charge in [-0.1, -0.05) is 22.9 Å². The quantitative estimate of drug-likeness (QED) is 0.494. The lowest BCUT2D eigenvalue weighted by molar-refractivity contribution is -0.0127. The number of aromatic nitrogens is 4. The molecule has 2 saturated heterocycles. The molecule has 1 spiro atoms. The van der Waals surface area contributed by atoms with Crippen LogP contribution in [0.25, 0.3) is 16.6 Å². The van der Waals surface area contributed by atoms with Gasteiger partial charge < -0.3 is 9.88 Å². The first-order valence-corrected chi connectivity index (χ1v) is 12.4. The van der Waals surface area contributed by atoms with Crippen LogP contribution in [0.2, 0.25) is 0 Å². The predicted octanol–water partition coefficient (Wildman–Crippen LogP) is 1.91. The average molecular weight is 465 g/mol. The van der Waals surface area contributed by atoms with Crippen LogP contribution in [0.1, 0.15) is 17.5 Å². The average Bonchev–Trinajstić information content (AvgIpc) is 3.16. The highest BCUT2D eigenvalue weighted by Crippen LogP contribution is 2.40. The van der Waals surface area contributed by atoms with Gasteiger partial charge in [0.25, 0.3) is 5.56 Å². The fraction of sp³-hybridized carbons (Fsp3) is 0.348. The highest BCUT2D eigenvalue weighted by Gasteiger charge is 2.51. The van der Waals surface area contributed by atoms with E-state index in [4.69, 9.17) is 0 Å². The number of aromatic amines is 1. The van der Waals surface area contributed by atoms with Gasteiger partial charge in [0, 0.05) is 25.3 Å². The Morgan fingerprint density at radius 2 is 1.88 bits per heavy atom. The summed E-state index contributed by atoms with van der Waals surface area (Å²) in [5, 5.41) is 8.31. The Bertz CT molecular complexity index is 1610. The summed E-state index contributed by atoms with van der Waals surface area (Å²) in [6.45, 7) is 6.64. The molecule has 2 aromatic heterocycles. The van der Waals surface area contributed by atoms with E-state index < -0.39 is 9.84 Å². The number of anilines is 1. The summed E-state index contributed by atoms with van der Waals surface area (Å²) < 4.78 is 28.2. The summed E-state index contributed by atoms with van der Waals surface area (Å²) in [5.74, 6) is 0. The minimum absolute atomic E-state index is 0.0726. The summed E-state index contributed by atoms with van der Waals surface area (Å²) in [5.41, 5.74) is 3.06. The molecule has 0 saturated carbocycles. The molecule has 6 rings (SSSR count). The van der Waals surface area contributed by atoms with Crippen molar-refractivity contribution in [3.63, 3.8) is 0 Å². The molecule has 0 aliphatic carbocycles. The van der Waals surface area contributed by atoms with Crippen molar-refractivity contribution in [3.8, 4) is 0 Å². The molecule has 33 heavy (non-hydrogen) atoms. The monoisotopic (exact) mass is 464 g/mol. The molecule has 4 heterocycles. The van der Waals surface area contributed by atoms with E-state index in [0.29, 0.717) is 16.5 Å². The standard InChI is InChI=1S/C23H24N6O3S/c1-14-4-7-19(15(2)10-14)33(31,32)22-20-24-21(30)17-6-5-16(11-18(17)29(20)26-25-22)28-12-23(13-28)8-9-27(23)3/h4-7,10-11H,8-9,12-13H2,1-3H3,(H,24,30). The molecule has 2 fully saturated rings. The lowest BCUT2D eigenvalue weighted by atomic mass is 9.78. The van der Waals surface area contributed by atoms with Crippen molar-refractivity contribution < 1.29 is 8.42 Å². The van der Waals surface area contributed by atoms with E-state index in [-0.39, 0.29) is 26.7 Å². The summed E-state index contributed by atoms with van der Waals surface area (Å²) in [6, 6.07) is 10.7. The first-order valence-electron chi connectivity index (χ1n) is 10.9. The summed E-state index contributed by atoms with van der Waals surface area (Å²) in [4.78, 5) is 20.3. The van der Waals surface area contributed by atoms with Crippen LogP contribution in [-0.2, 0) is 9.84 Å². The van der Waals surface area contributed by atoms with Crippen LogP contribution < -0.4 is 10.5 Å². The third kappa shape index (κ3) is 2.80. The van der Waals surface area contributed by atoms with E-state index in [1.165, 1.54) is 10.9 Å². The second-order valence-electron chi connectivity index (χ2n) is 9.33. The maximum Gasteiger partial charge on any atom is 0.259 e. The number of benzene rings is 2. The predicted molar refractivity (Wildman–Crippen MR) is 125 cm³/mol. The van der Waals surface area contributed by atoms with Crippen molar-refractivity contribution in [1.82, 2.24) is 24.7 Å². The van der Waals surface area contributed by atoms with Crippen molar-refractivity contribution in [2.45, 2.75) is 35.7 Å². The van der Waals surface area contributed by atoms with Gasteiger partial charge in [0.2, 0.25) is 14.9 Å². The Kier molecular flexibility index (Phi) is 4.10. The van der Waals surface area contributed by atoms with Crippen LogP contribution >= 0.6 is 0 Å². The number of nitrogens with one attached hydrogen (secondary N) is 1. The highest BCUT2D eigenvalue weighted by molar-refractivity contribution is 7.91. The molecule has 2 aliphatic heterocycles. The van der Waals surface area contributed by atoms with E-state index in [0.717, 1.165) is 30.9 Å². The second-order valence-corrected chi connectivity index (χ2v) is 11.2. The van der Waals surface area contributed by atoms with E-state index >= 15 is 0 Å². The van der Waals surface area contributed by atoms with Crippen LogP contribution in [0.5, 0.6) is 0 Å². The number of hydrogen-bond donors (Lipinski definition) is 1. The zero-order chi connectivity index (χ0) is 23.1.